The fourth-order valence-electron chi connectivity index (χ4n) is 3.52. The van der Waals surface area contributed by atoms with E-state index in [-0.39, 0.29) is 12.0 Å². The molecule has 1 heterocycles. The zero-order chi connectivity index (χ0) is 19.1. The summed E-state index contributed by atoms with van der Waals surface area (Å²) in [5.41, 5.74) is 5.82. The van der Waals surface area contributed by atoms with Gasteiger partial charge in [-0.05, 0) is 31.4 Å². The van der Waals surface area contributed by atoms with Crippen molar-refractivity contribution in [2.75, 3.05) is 7.11 Å². The lowest BCUT2D eigenvalue weighted by molar-refractivity contribution is -0.144. The van der Waals surface area contributed by atoms with Crippen molar-refractivity contribution in [2.24, 2.45) is 5.92 Å². The van der Waals surface area contributed by atoms with Gasteiger partial charge in [-0.25, -0.2) is 31.7 Å². The fraction of sp³-hybridized carbons (Fsp3) is 0.533. The van der Waals surface area contributed by atoms with E-state index in [1.165, 1.54) is 7.11 Å². The maximum atomic E-state index is 13.8. The molecule has 144 valence electrons. The molecule has 1 aromatic carbocycles. The molecule has 0 spiro atoms. The van der Waals surface area contributed by atoms with Gasteiger partial charge in [0.1, 0.15) is 10.9 Å². The van der Waals surface area contributed by atoms with E-state index in [9.17, 15) is 26.4 Å². The van der Waals surface area contributed by atoms with Gasteiger partial charge < -0.3 is 4.74 Å². The largest absolute Gasteiger partial charge is 0.468 e. The number of esters is 1. The van der Waals surface area contributed by atoms with E-state index in [2.05, 4.69) is 15.6 Å². The van der Waals surface area contributed by atoms with Gasteiger partial charge in [-0.2, -0.15) is 0 Å². The third kappa shape index (κ3) is 3.43. The molecule has 1 aliphatic heterocycles. The van der Waals surface area contributed by atoms with Gasteiger partial charge in [0.15, 0.2) is 17.5 Å². The van der Waals surface area contributed by atoms with Crippen molar-refractivity contribution < 1.29 is 31.1 Å². The van der Waals surface area contributed by atoms with E-state index in [1.54, 1.807) is 0 Å². The molecule has 7 nitrogen and oxygen atoms in total. The molecule has 0 bridgehead atoms. The zero-order valence-corrected chi connectivity index (χ0v) is 14.6. The Morgan fingerprint density at radius 2 is 1.92 bits per heavy atom. The molecule has 0 aromatic heterocycles. The fourth-order valence-corrected chi connectivity index (χ4v) is 4.88. The lowest BCUT2D eigenvalue weighted by Crippen LogP contribution is -2.46. The van der Waals surface area contributed by atoms with Crippen LogP contribution in [0.15, 0.2) is 17.0 Å². The lowest BCUT2D eigenvalue weighted by Gasteiger charge is -2.32. The van der Waals surface area contributed by atoms with Crippen LogP contribution in [0, 0.1) is 23.4 Å². The van der Waals surface area contributed by atoms with E-state index >= 15 is 0 Å². The quantitative estimate of drug-likeness (QED) is 0.511. The number of halogens is 3. The van der Waals surface area contributed by atoms with Gasteiger partial charge >= 0.3 is 5.97 Å². The topological polar surface area (TPSA) is 96.5 Å². The molecule has 2 aliphatic rings. The van der Waals surface area contributed by atoms with Crippen molar-refractivity contribution in [3.63, 3.8) is 0 Å². The molecule has 4 atom stereocenters. The molecule has 0 radical (unpaired) electrons. The van der Waals surface area contributed by atoms with Gasteiger partial charge in [-0.15, -0.1) is 0 Å². The number of carbonyl (C=O) groups excluding carboxylic acids is 1. The summed E-state index contributed by atoms with van der Waals surface area (Å²) in [6.07, 6.45) is 1.31. The standard InChI is InChI=1S/C15H18F3N3O4S/c1-25-15(22)14-8-6-7(2-4-10(8)19-20-14)21-26(23,24)11-5-3-9(16)12(17)13(11)18/h3,5,7-8,10,14,19-21H,2,4,6H2,1H3. The van der Waals surface area contributed by atoms with E-state index in [1.807, 2.05) is 0 Å². The summed E-state index contributed by atoms with van der Waals surface area (Å²) >= 11 is 0. The number of benzene rings is 1. The molecule has 26 heavy (non-hydrogen) atoms. The minimum absolute atomic E-state index is 0.0279. The Labute approximate surface area is 148 Å². The minimum atomic E-state index is -4.39. The van der Waals surface area contributed by atoms with E-state index in [4.69, 9.17) is 4.74 Å². The molecular formula is C15H18F3N3O4S. The average Bonchev–Trinajstić information content (AvgIpc) is 3.01. The highest BCUT2D eigenvalue weighted by Gasteiger charge is 2.45. The van der Waals surface area contributed by atoms with Crippen molar-refractivity contribution in [1.29, 1.82) is 0 Å². The van der Waals surface area contributed by atoms with E-state index in [0.29, 0.717) is 31.4 Å². The number of ether oxygens (including phenoxy) is 1. The Morgan fingerprint density at radius 1 is 1.19 bits per heavy atom. The van der Waals surface area contributed by atoms with Crippen LogP contribution in [-0.4, -0.2) is 39.6 Å². The van der Waals surface area contributed by atoms with Crippen LogP contribution in [0.5, 0.6) is 0 Å². The second-order valence-corrected chi connectivity index (χ2v) is 8.05. The van der Waals surface area contributed by atoms with E-state index in [0.717, 1.165) is 0 Å². The van der Waals surface area contributed by atoms with Gasteiger partial charge in [-0.3, -0.25) is 10.2 Å². The van der Waals surface area contributed by atoms with Gasteiger partial charge in [0.2, 0.25) is 10.0 Å². The summed E-state index contributed by atoms with van der Waals surface area (Å²) in [6.45, 7) is 0. The maximum absolute atomic E-state index is 13.8. The van der Waals surface area contributed by atoms with Crippen molar-refractivity contribution in [1.82, 2.24) is 15.6 Å². The number of methoxy groups -OCH3 is 1. The third-order valence-electron chi connectivity index (χ3n) is 4.82. The first-order valence-corrected chi connectivity index (χ1v) is 9.47. The Morgan fingerprint density at radius 3 is 2.62 bits per heavy atom. The van der Waals surface area contributed by atoms with Crippen molar-refractivity contribution in [3.8, 4) is 0 Å². The second-order valence-electron chi connectivity index (χ2n) is 6.36. The van der Waals surface area contributed by atoms with Crippen molar-refractivity contribution in [3.05, 3.63) is 29.6 Å². The molecule has 0 amide bonds. The molecule has 2 fully saturated rings. The average molecular weight is 393 g/mol. The van der Waals surface area contributed by atoms with Crippen LogP contribution in [-0.2, 0) is 19.6 Å². The summed E-state index contributed by atoms with van der Waals surface area (Å²) in [7, 11) is -3.13. The van der Waals surface area contributed by atoms with Crippen LogP contribution in [0.2, 0.25) is 0 Å². The zero-order valence-electron chi connectivity index (χ0n) is 13.8. The first kappa shape index (κ1) is 19.1. The molecule has 1 aliphatic carbocycles. The number of hydrazine groups is 1. The predicted molar refractivity (Wildman–Crippen MR) is 83.6 cm³/mol. The molecule has 1 aromatic rings. The normalized spacial score (nSPS) is 28.6. The molecule has 1 saturated heterocycles. The maximum Gasteiger partial charge on any atom is 0.324 e. The highest BCUT2D eigenvalue weighted by Crippen LogP contribution is 2.32. The Kier molecular flexibility index (Phi) is 5.24. The number of carbonyl (C=O) groups is 1. The number of nitrogens with one attached hydrogen (secondary N) is 3. The summed E-state index contributed by atoms with van der Waals surface area (Å²) in [4.78, 5) is 10.9. The number of rotatable bonds is 4. The van der Waals surface area contributed by atoms with Crippen LogP contribution >= 0.6 is 0 Å². The van der Waals surface area contributed by atoms with Crippen LogP contribution < -0.4 is 15.6 Å². The summed E-state index contributed by atoms with van der Waals surface area (Å²) in [5, 5.41) is 0. The molecule has 3 rings (SSSR count). The first-order valence-electron chi connectivity index (χ1n) is 7.99. The smallest absolute Gasteiger partial charge is 0.324 e. The Bertz CT molecular complexity index is 821. The van der Waals surface area contributed by atoms with Crippen molar-refractivity contribution in [2.45, 2.75) is 42.3 Å². The minimum Gasteiger partial charge on any atom is -0.468 e. The third-order valence-corrected chi connectivity index (χ3v) is 6.36. The highest BCUT2D eigenvalue weighted by atomic mass is 32.2. The number of hydrogen-bond acceptors (Lipinski definition) is 6. The molecule has 3 N–H and O–H groups in total. The number of sulfonamides is 1. The summed E-state index contributed by atoms with van der Waals surface area (Å²) in [6, 6.07) is -0.000582. The lowest BCUT2D eigenvalue weighted by atomic mass is 9.79. The van der Waals surface area contributed by atoms with Crippen molar-refractivity contribution >= 4 is 16.0 Å². The highest BCUT2D eigenvalue weighted by molar-refractivity contribution is 7.89. The number of hydrogen-bond donors (Lipinski definition) is 3. The van der Waals surface area contributed by atoms with Gasteiger partial charge in [-0.1, -0.05) is 0 Å². The molecular weight excluding hydrogens is 375 g/mol. The number of fused-ring (bicyclic) bond motifs is 1. The van der Waals surface area contributed by atoms with Crippen LogP contribution in [0.25, 0.3) is 0 Å². The van der Waals surface area contributed by atoms with Gasteiger partial charge in [0.25, 0.3) is 0 Å². The monoisotopic (exact) mass is 393 g/mol. The summed E-state index contributed by atoms with van der Waals surface area (Å²) < 4.78 is 72.0. The molecule has 1 saturated carbocycles. The van der Waals surface area contributed by atoms with Crippen LogP contribution in [0.3, 0.4) is 0 Å². The summed E-state index contributed by atoms with van der Waals surface area (Å²) in [5.74, 6) is -5.76. The van der Waals surface area contributed by atoms with Gasteiger partial charge in [0, 0.05) is 18.0 Å². The Balaban J connectivity index is 1.77. The second kappa shape index (κ2) is 7.14. The van der Waals surface area contributed by atoms with Crippen LogP contribution in [0.1, 0.15) is 19.3 Å². The van der Waals surface area contributed by atoms with Gasteiger partial charge in [0.05, 0.1) is 7.11 Å². The van der Waals surface area contributed by atoms with Crippen LogP contribution in [0.4, 0.5) is 13.2 Å². The molecule has 11 heteroatoms. The Hall–Kier alpha value is -1.69. The predicted octanol–water partition coefficient (Wildman–Crippen LogP) is 0.569. The first-order chi connectivity index (χ1) is 12.2. The molecule has 4 unspecified atom stereocenters. The van der Waals surface area contributed by atoms with E-state index < -0.39 is 50.4 Å². The SMILES string of the molecule is COC(=O)C1NNC2CCC(NS(=O)(=O)c3ccc(F)c(F)c3F)CC21.